The predicted octanol–water partition coefficient (Wildman–Crippen LogP) is 5.17. The highest BCUT2D eigenvalue weighted by Gasteiger charge is 2.60. The third kappa shape index (κ3) is 5.65. The first-order valence-electron chi connectivity index (χ1n) is 15.2. The summed E-state index contributed by atoms with van der Waals surface area (Å²) in [4.78, 5) is 13.9. The molecule has 2 N–H and O–H groups in total. The predicted molar refractivity (Wildman–Crippen MR) is 152 cm³/mol. The molecule has 0 amide bonds. The molecule has 222 valence electrons. The van der Waals surface area contributed by atoms with Crippen LogP contribution in [-0.4, -0.2) is 64.7 Å². The average Bonchev–Trinajstić information content (AvgIpc) is 3.23. The molecule has 7 heteroatoms. The molecule has 10 atom stereocenters. The van der Waals surface area contributed by atoms with Crippen LogP contribution in [0.15, 0.2) is 47.1 Å². The lowest BCUT2D eigenvalue weighted by molar-refractivity contribution is -0.340. The third-order valence-electron chi connectivity index (χ3n) is 9.67. The van der Waals surface area contributed by atoms with E-state index in [1.807, 2.05) is 12.2 Å². The van der Waals surface area contributed by atoms with E-state index in [0.717, 1.165) is 25.7 Å². The average molecular weight is 557 g/mol. The monoisotopic (exact) mass is 556 g/mol. The number of carbonyl (C=O) groups excluding carboxylic acids is 1. The zero-order valence-corrected chi connectivity index (χ0v) is 25.0. The molecule has 4 aliphatic heterocycles. The van der Waals surface area contributed by atoms with Crippen molar-refractivity contribution < 1.29 is 34.0 Å². The van der Waals surface area contributed by atoms with Crippen LogP contribution < -0.4 is 0 Å². The van der Waals surface area contributed by atoms with Gasteiger partial charge in [-0.2, -0.15) is 0 Å². The maximum atomic E-state index is 13.9. The van der Waals surface area contributed by atoms with Gasteiger partial charge in [0.25, 0.3) is 0 Å². The number of ether oxygens (including phenoxy) is 4. The molecule has 0 aromatic rings. The van der Waals surface area contributed by atoms with Gasteiger partial charge in [-0.1, -0.05) is 63.6 Å². The quantitative estimate of drug-likeness (QED) is 0.340. The Morgan fingerprint density at radius 2 is 1.90 bits per heavy atom. The van der Waals surface area contributed by atoms with Crippen LogP contribution in [0, 0.1) is 23.7 Å². The molecule has 40 heavy (non-hydrogen) atoms. The van der Waals surface area contributed by atoms with E-state index in [-0.39, 0.29) is 24.7 Å². The molecule has 2 bridgehead atoms. The Hall–Kier alpha value is -1.77. The number of aliphatic hydroxyl groups is 2. The molecule has 5 rings (SSSR count). The minimum absolute atomic E-state index is 0.0712. The zero-order chi connectivity index (χ0) is 28.8. The van der Waals surface area contributed by atoms with Crippen LogP contribution in [0.5, 0.6) is 0 Å². The van der Waals surface area contributed by atoms with Gasteiger partial charge in [0.15, 0.2) is 5.79 Å². The molecule has 0 aromatic carbocycles. The maximum absolute atomic E-state index is 13.9. The van der Waals surface area contributed by atoms with Gasteiger partial charge in [-0.15, -0.1) is 0 Å². The van der Waals surface area contributed by atoms with E-state index in [4.69, 9.17) is 18.9 Å². The second-order valence-electron chi connectivity index (χ2n) is 13.4. The van der Waals surface area contributed by atoms with Gasteiger partial charge in [-0.25, -0.2) is 0 Å². The standard InChI is InChI=1S/C33H48O7/c1-19(2)29-22(5)12-13-32(40-29)17-26-16-25(39-32)11-10-21(4)14-20(3)8-7-9-24-18-37-30-28(34)23(6)15-27(31(35)38-26)33(24,30)36/h7-10,15,19-20,22,25-30,34,36H,11-14,16-18H2,1-6H3/b8-7+,21-10+,24-9+/t20-,22-,25+,26-,27-,28+,29+,30+,32+,33+/m1/s1. The first-order valence-corrected chi connectivity index (χ1v) is 15.2. The summed E-state index contributed by atoms with van der Waals surface area (Å²) in [5, 5.41) is 22.9. The van der Waals surface area contributed by atoms with Gasteiger partial charge in [0.1, 0.15) is 29.8 Å². The Labute approximate surface area is 239 Å². The summed E-state index contributed by atoms with van der Waals surface area (Å²) in [6.45, 7) is 12.8. The van der Waals surface area contributed by atoms with Crippen LogP contribution in [0.25, 0.3) is 0 Å². The SMILES string of the molecule is CC1=C[C@@H]2C(=O)O[C@@H]3C[C@H](C/C=C(\C)C[C@H](C)/C=C/C=C4\CO[C@@H]([C@H]1O)[C@]42O)O[C@]1(CC[C@@H](C)[C@H](C(C)C)O1)C3. The van der Waals surface area contributed by atoms with Crippen molar-refractivity contribution in [2.75, 3.05) is 6.61 Å². The van der Waals surface area contributed by atoms with Gasteiger partial charge in [-0.3, -0.25) is 4.79 Å². The lowest BCUT2D eigenvalue weighted by Crippen LogP contribution is -2.58. The highest BCUT2D eigenvalue weighted by molar-refractivity contribution is 5.78. The molecule has 0 aromatic heterocycles. The van der Waals surface area contributed by atoms with E-state index in [2.05, 4.69) is 46.8 Å². The fourth-order valence-corrected chi connectivity index (χ4v) is 7.48. The highest BCUT2D eigenvalue weighted by atomic mass is 16.7. The largest absolute Gasteiger partial charge is 0.462 e. The number of carbonyl (C=O) groups is 1. The van der Waals surface area contributed by atoms with Crippen LogP contribution in [0.2, 0.25) is 0 Å². The van der Waals surface area contributed by atoms with Crippen molar-refractivity contribution in [3.05, 3.63) is 47.1 Å². The van der Waals surface area contributed by atoms with E-state index in [0.29, 0.717) is 35.8 Å². The van der Waals surface area contributed by atoms with E-state index in [1.165, 1.54) is 5.57 Å². The number of hydrogen-bond acceptors (Lipinski definition) is 7. The van der Waals surface area contributed by atoms with E-state index in [9.17, 15) is 15.0 Å². The summed E-state index contributed by atoms with van der Waals surface area (Å²) in [5.74, 6) is -1.22. The summed E-state index contributed by atoms with van der Waals surface area (Å²) in [7, 11) is 0. The van der Waals surface area contributed by atoms with E-state index < -0.39 is 41.6 Å². The van der Waals surface area contributed by atoms with E-state index >= 15 is 0 Å². The fourth-order valence-electron chi connectivity index (χ4n) is 7.48. The maximum Gasteiger partial charge on any atom is 0.316 e. The summed E-state index contributed by atoms with van der Waals surface area (Å²) >= 11 is 0. The first-order chi connectivity index (χ1) is 18.9. The van der Waals surface area contributed by atoms with Crippen molar-refractivity contribution in [1.82, 2.24) is 0 Å². The summed E-state index contributed by atoms with van der Waals surface area (Å²) in [6, 6.07) is 0. The summed E-state index contributed by atoms with van der Waals surface area (Å²) in [6.07, 6.45) is 11.8. The zero-order valence-electron chi connectivity index (χ0n) is 25.0. The van der Waals surface area contributed by atoms with Crippen molar-refractivity contribution in [2.24, 2.45) is 23.7 Å². The van der Waals surface area contributed by atoms with Crippen molar-refractivity contribution in [3.8, 4) is 0 Å². The highest BCUT2D eigenvalue weighted by Crippen LogP contribution is 2.47. The van der Waals surface area contributed by atoms with Crippen LogP contribution in [0.3, 0.4) is 0 Å². The Balaban J connectivity index is 1.51. The lowest BCUT2D eigenvalue weighted by Gasteiger charge is -2.50. The molecule has 3 fully saturated rings. The molecule has 1 aliphatic carbocycles. The second-order valence-corrected chi connectivity index (χ2v) is 13.4. The molecular formula is C33H48O7. The van der Waals surface area contributed by atoms with Crippen LogP contribution >= 0.6 is 0 Å². The lowest BCUT2D eigenvalue weighted by atomic mass is 9.71. The summed E-state index contributed by atoms with van der Waals surface area (Å²) < 4.78 is 25.6. The summed E-state index contributed by atoms with van der Waals surface area (Å²) in [5.41, 5.74) is 0.780. The number of rotatable bonds is 1. The molecule has 0 unspecified atom stereocenters. The number of aliphatic hydroxyl groups excluding tert-OH is 1. The third-order valence-corrected chi connectivity index (χ3v) is 9.67. The molecule has 3 saturated heterocycles. The second kappa shape index (κ2) is 11.5. The van der Waals surface area contributed by atoms with Gasteiger partial charge in [0.05, 0.1) is 18.8 Å². The van der Waals surface area contributed by atoms with Gasteiger partial charge < -0.3 is 29.2 Å². The molecular weight excluding hydrogens is 508 g/mol. The normalized spacial score (nSPS) is 47.9. The molecule has 4 heterocycles. The molecule has 0 saturated carbocycles. The Morgan fingerprint density at radius 1 is 1.12 bits per heavy atom. The van der Waals surface area contributed by atoms with Crippen molar-refractivity contribution in [1.29, 1.82) is 0 Å². The van der Waals surface area contributed by atoms with Gasteiger partial charge in [-0.05, 0) is 62.0 Å². The Kier molecular flexibility index (Phi) is 8.53. The van der Waals surface area contributed by atoms with E-state index in [1.54, 1.807) is 13.0 Å². The van der Waals surface area contributed by atoms with Crippen molar-refractivity contribution in [2.45, 2.75) is 122 Å². The molecule has 5 aliphatic rings. The topological polar surface area (TPSA) is 94.5 Å². The number of esters is 1. The van der Waals surface area contributed by atoms with Crippen LogP contribution in [0.1, 0.15) is 80.1 Å². The molecule has 0 radical (unpaired) electrons. The number of fused-ring (bicyclic) bond motifs is 2. The Bertz CT molecular complexity index is 1090. The van der Waals surface area contributed by atoms with Gasteiger partial charge in [0.2, 0.25) is 0 Å². The molecule has 1 spiro atoms. The number of allylic oxidation sites excluding steroid dienone is 4. The van der Waals surface area contributed by atoms with Gasteiger partial charge in [0, 0.05) is 19.3 Å². The van der Waals surface area contributed by atoms with Crippen molar-refractivity contribution in [3.63, 3.8) is 0 Å². The smallest absolute Gasteiger partial charge is 0.316 e. The minimum atomic E-state index is -1.68. The molecule has 7 nitrogen and oxygen atoms in total. The fraction of sp³-hybridized carbons (Fsp3) is 0.727. The first kappa shape index (κ1) is 29.7. The van der Waals surface area contributed by atoms with Gasteiger partial charge >= 0.3 is 5.97 Å². The van der Waals surface area contributed by atoms with Crippen LogP contribution in [-0.2, 0) is 23.7 Å². The Morgan fingerprint density at radius 3 is 2.65 bits per heavy atom. The number of hydrogen-bond donors (Lipinski definition) is 2. The van der Waals surface area contributed by atoms with Crippen LogP contribution in [0.4, 0.5) is 0 Å². The minimum Gasteiger partial charge on any atom is -0.462 e. The van der Waals surface area contributed by atoms with Crippen molar-refractivity contribution >= 4 is 5.97 Å².